The SMILES string of the molecule is Cc1noc(C)c1S(=O)(=O)NC1(C(=O)N2C3CCNCC2CC3)CCCC1. The van der Waals surface area contributed by atoms with Crippen LogP contribution in [0.25, 0.3) is 0 Å². The standard InChI is InChI=1S/C18H28N4O4S/c1-12-16(13(2)26-20-12)27(24,25)21-18(8-3-4-9-18)17(23)22-14-5-6-15(22)11-19-10-7-14/h14-15,19,21H,3-11H2,1-2H3. The van der Waals surface area contributed by atoms with Crippen molar-refractivity contribution in [3.8, 4) is 0 Å². The molecule has 1 saturated carbocycles. The van der Waals surface area contributed by atoms with Crippen LogP contribution >= 0.6 is 0 Å². The molecule has 3 aliphatic rings. The van der Waals surface area contributed by atoms with Crippen molar-refractivity contribution >= 4 is 15.9 Å². The Balaban J connectivity index is 1.66. The second-order valence-electron chi connectivity index (χ2n) is 8.14. The lowest BCUT2D eigenvalue weighted by molar-refractivity contribution is -0.140. The fourth-order valence-electron chi connectivity index (χ4n) is 5.07. The Morgan fingerprint density at radius 2 is 1.93 bits per heavy atom. The molecular weight excluding hydrogens is 368 g/mol. The number of rotatable bonds is 4. The molecular formula is C18H28N4O4S. The number of carbonyl (C=O) groups is 1. The van der Waals surface area contributed by atoms with Crippen LogP contribution in [-0.4, -0.2) is 55.1 Å². The summed E-state index contributed by atoms with van der Waals surface area (Å²) in [5.41, 5.74) is -0.736. The minimum Gasteiger partial charge on any atom is -0.360 e. The number of sulfonamides is 1. The van der Waals surface area contributed by atoms with Crippen LogP contribution < -0.4 is 10.0 Å². The highest BCUT2D eigenvalue weighted by Crippen LogP contribution is 2.38. The van der Waals surface area contributed by atoms with Gasteiger partial charge in [-0.15, -0.1) is 0 Å². The van der Waals surface area contributed by atoms with Gasteiger partial charge in [0.2, 0.25) is 15.9 Å². The van der Waals surface area contributed by atoms with Gasteiger partial charge in [-0.3, -0.25) is 4.79 Å². The Morgan fingerprint density at radius 3 is 2.59 bits per heavy atom. The number of aromatic nitrogens is 1. The molecule has 2 atom stereocenters. The Labute approximate surface area is 160 Å². The van der Waals surface area contributed by atoms with Gasteiger partial charge in [0.15, 0.2) is 5.76 Å². The van der Waals surface area contributed by atoms with Gasteiger partial charge in [0.25, 0.3) is 0 Å². The van der Waals surface area contributed by atoms with E-state index < -0.39 is 15.6 Å². The quantitative estimate of drug-likeness (QED) is 0.793. The van der Waals surface area contributed by atoms with Crippen LogP contribution in [0.5, 0.6) is 0 Å². The number of nitrogens with zero attached hydrogens (tertiary/aromatic N) is 2. The minimum atomic E-state index is -3.90. The van der Waals surface area contributed by atoms with Gasteiger partial charge in [-0.05, 0) is 52.5 Å². The first-order valence-electron chi connectivity index (χ1n) is 9.84. The first-order valence-corrected chi connectivity index (χ1v) is 11.3. The summed E-state index contributed by atoms with van der Waals surface area (Å²) >= 11 is 0. The van der Waals surface area contributed by atoms with Gasteiger partial charge in [0, 0.05) is 18.6 Å². The number of hydrogen-bond donors (Lipinski definition) is 2. The molecule has 2 bridgehead atoms. The number of amides is 1. The van der Waals surface area contributed by atoms with Crippen LogP contribution in [0.15, 0.2) is 9.42 Å². The van der Waals surface area contributed by atoms with Crippen LogP contribution in [-0.2, 0) is 14.8 Å². The predicted octanol–water partition coefficient (Wildman–Crippen LogP) is 1.24. The summed E-state index contributed by atoms with van der Waals surface area (Å²) < 4.78 is 34.1. The van der Waals surface area contributed by atoms with E-state index in [4.69, 9.17) is 4.52 Å². The number of aryl methyl sites for hydroxylation is 2. The van der Waals surface area contributed by atoms with E-state index in [0.29, 0.717) is 18.5 Å². The van der Waals surface area contributed by atoms with Crippen molar-refractivity contribution in [3.05, 3.63) is 11.5 Å². The van der Waals surface area contributed by atoms with E-state index in [1.807, 2.05) is 4.90 Å². The van der Waals surface area contributed by atoms with E-state index in [9.17, 15) is 13.2 Å². The second kappa shape index (κ2) is 6.86. The number of nitrogens with one attached hydrogen (secondary N) is 2. The Hall–Kier alpha value is -1.45. The molecule has 150 valence electrons. The van der Waals surface area contributed by atoms with E-state index in [1.54, 1.807) is 13.8 Å². The van der Waals surface area contributed by atoms with E-state index >= 15 is 0 Å². The molecule has 4 rings (SSSR count). The summed E-state index contributed by atoms with van der Waals surface area (Å²) in [6.45, 7) is 4.88. The lowest BCUT2D eigenvalue weighted by Gasteiger charge is -2.37. The Kier molecular flexibility index (Phi) is 4.80. The summed E-state index contributed by atoms with van der Waals surface area (Å²) in [5, 5.41) is 7.16. The average molecular weight is 397 g/mol. The van der Waals surface area contributed by atoms with Crippen molar-refractivity contribution in [2.45, 2.75) is 81.3 Å². The maximum absolute atomic E-state index is 13.7. The van der Waals surface area contributed by atoms with Crippen molar-refractivity contribution in [1.29, 1.82) is 0 Å². The summed E-state index contributed by atoms with van der Waals surface area (Å²) in [7, 11) is -3.90. The number of hydrogen-bond acceptors (Lipinski definition) is 6. The van der Waals surface area contributed by atoms with Crippen LogP contribution in [0.2, 0.25) is 0 Å². The van der Waals surface area contributed by atoms with Crippen molar-refractivity contribution in [1.82, 2.24) is 20.1 Å². The Morgan fingerprint density at radius 1 is 1.22 bits per heavy atom. The van der Waals surface area contributed by atoms with Gasteiger partial charge in [0.1, 0.15) is 16.1 Å². The highest BCUT2D eigenvalue weighted by atomic mass is 32.2. The molecule has 27 heavy (non-hydrogen) atoms. The summed E-state index contributed by atoms with van der Waals surface area (Å²) in [6, 6.07) is 0.365. The third kappa shape index (κ3) is 3.19. The predicted molar refractivity (Wildman–Crippen MR) is 98.6 cm³/mol. The minimum absolute atomic E-state index is 0.0495. The highest BCUT2D eigenvalue weighted by Gasteiger charge is 2.51. The maximum Gasteiger partial charge on any atom is 0.246 e. The third-order valence-electron chi connectivity index (χ3n) is 6.32. The van der Waals surface area contributed by atoms with E-state index in [2.05, 4.69) is 15.2 Å². The zero-order valence-corrected chi connectivity index (χ0v) is 16.8. The molecule has 2 N–H and O–H groups in total. The molecule has 0 spiro atoms. The number of carbonyl (C=O) groups excluding carboxylic acids is 1. The molecule has 1 aromatic heterocycles. The second-order valence-corrected chi connectivity index (χ2v) is 9.76. The van der Waals surface area contributed by atoms with E-state index in [1.165, 1.54) is 0 Å². The maximum atomic E-state index is 13.7. The zero-order chi connectivity index (χ0) is 19.2. The van der Waals surface area contributed by atoms with Crippen molar-refractivity contribution in [2.24, 2.45) is 0 Å². The normalized spacial score (nSPS) is 27.7. The third-order valence-corrected chi connectivity index (χ3v) is 8.10. The molecule has 0 aromatic carbocycles. The first-order chi connectivity index (χ1) is 12.8. The fourth-order valence-corrected chi connectivity index (χ4v) is 6.82. The smallest absolute Gasteiger partial charge is 0.246 e. The number of fused-ring (bicyclic) bond motifs is 2. The van der Waals surface area contributed by atoms with E-state index in [0.717, 1.165) is 45.2 Å². The van der Waals surface area contributed by atoms with Gasteiger partial charge in [-0.2, -0.15) is 4.72 Å². The van der Waals surface area contributed by atoms with Gasteiger partial charge in [-0.25, -0.2) is 8.42 Å². The molecule has 1 aromatic rings. The van der Waals surface area contributed by atoms with Crippen molar-refractivity contribution < 1.29 is 17.7 Å². The largest absolute Gasteiger partial charge is 0.360 e. The highest BCUT2D eigenvalue weighted by molar-refractivity contribution is 7.89. The monoisotopic (exact) mass is 396 g/mol. The molecule has 8 nitrogen and oxygen atoms in total. The van der Waals surface area contributed by atoms with Gasteiger partial charge in [0.05, 0.1) is 0 Å². The molecule has 3 fully saturated rings. The lowest BCUT2D eigenvalue weighted by Crippen LogP contribution is -2.60. The fraction of sp³-hybridized carbons (Fsp3) is 0.778. The molecule has 2 unspecified atom stereocenters. The lowest BCUT2D eigenvalue weighted by atomic mass is 9.96. The van der Waals surface area contributed by atoms with Gasteiger partial charge >= 0.3 is 0 Å². The van der Waals surface area contributed by atoms with Crippen LogP contribution in [0.3, 0.4) is 0 Å². The van der Waals surface area contributed by atoms with Crippen molar-refractivity contribution in [3.63, 3.8) is 0 Å². The molecule has 9 heteroatoms. The summed E-state index contributed by atoms with van der Waals surface area (Å²) in [6.07, 6.45) is 5.68. The Bertz CT molecular complexity index is 795. The molecule has 1 amide bonds. The van der Waals surface area contributed by atoms with Crippen LogP contribution in [0.1, 0.15) is 56.4 Å². The molecule has 0 radical (unpaired) electrons. The topological polar surface area (TPSA) is 105 Å². The first kappa shape index (κ1) is 18.9. The summed E-state index contributed by atoms with van der Waals surface area (Å²) in [4.78, 5) is 15.7. The van der Waals surface area contributed by atoms with Crippen molar-refractivity contribution in [2.75, 3.05) is 13.1 Å². The van der Waals surface area contributed by atoms with E-state index in [-0.39, 0.29) is 28.6 Å². The molecule has 3 heterocycles. The average Bonchev–Trinajstić information content (AvgIpc) is 3.25. The summed E-state index contributed by atoms with van der Waals surface area (Å²) in [5.74, 6) is 0.200. The molecule has 2 aliphatic heterocycles. The van der Waals surface area contributed by atoms with Crippen LogP contribution in [0, 0.1) is 13.8 Å². The van der Waals surface area contributed by atoms with Crippen LogP contribution in [0.4, 0.5) is 0 Å². The van der Waals surface area contributed by atoms with Gasteiger partial charge < -0.3 is 14.7 Å². The molecule has 2 saturated heterocycles. The zero-order valence-electron chi connectivity index (χ0n) is 16.0. The molecule has 1 aliphatic carbocycles. The van der Waals surface area contributed by atoms with Gasteiger partial charge in [-0.1, -0.05) is 18.0 Å².